The van der Waals surface area contributed by atoms with Crippen molar-refractivity contribution in [2.45, 2.75) is 77.3 Å². The molecule has 1 atom stereocenters. The van der Waals surface area contributed by atoms with Crippen LogP contribution in [0.15, 0.2) is 24.3 Å². The smallest absolute Gasteiger partial charge is 0.160 e. The third kappa shape index (κ3) is 7.53. The van der Waals surface area contributed by atoms with E-state index in [4.69, 9.17) is 0 Å². The topological polar surface area (TPSA) is 87.4 Å². The van der Waals surface area contributed by atoms with Gasteiger partial charge in [-0.15, -0.1) is 34.0 Å². The Morgan fingerprint density at radius 1 is 0.833 bits per heavy atom. The molecule has 0 spiro atoms. The average molecular weight is 630 g/mol. The number of nitrogens with zero attached hydrogens (tertiary/aromatic N) is 2. The van der Waals surface area contributed by atoms with Crippen LogP contribution in [0.5, 0.6) is 23.0 Å². The first-order valence-corrected chi connectivity index (χ1v) is 13.0. The van der Waals surface area contributed by atoms with Gasteiger partial charge in [-0.25, -0.2) is 0 Å². The van der Waals surface area contributed by atoms with Crippen LogP contribution in [0.4, 0.5) is 0 Å². The van der Waals surface area contributed by atoms with Gasteiger partial charge in [-0.05, 0) is 99.5 Å². The maximum Gasteiger partial charge on any atom is 0.160 e. The van der Waals surface area contributed by atoms with Crippen LogP contribution in [0.3, 0.4) is 0 Å². The molecule has 0 saturated carbocycles. The Morgan fingerprint density at radius 2 is 1.56 bits per heavy atom. The molecule has 0 radical (unpaired) electrons. The van der Waals surface area contributed by atoms with Crippen LogP contribution < -0.4 is 0 Å². The Morgan fingerprint density at radius 3 is 2.31 bits per heavy atom. The van der Waals surface area contributed by atoms with Gasteiger partial charge in [0, 0.05) is 24.7 Å². The number of hydrogen-bond acceptors (Lipinski definition) is 6. The van der Waals surface area contributed by atoms with Crippen LogP contribution in [0.2, 0.25) is 0 Å². The molecule has 2 aromatic rings. The van der Waals surface area contributed by atoms with Crippen molar-refractivity contribution < 1.29 is 20.4 Å². The molecule has 202 valence electrons. The van der Waals surface area contributed by atoms with Crippen molar-refractivity contribution in [2.75, 3.05) is 26.2 Å². The Labute approximate surface area is 236 Å². The van der Waals surface area contributed by atoms with E-state index in [1.54, 1.807) is 18.2 Å². The van der Waals surface area contributed by atoms with Crippen LogP contribution in [-0.2, 0) is 25.8 Å². The van der Waals surface area contributed by atoms with Crippen LogP contribution in [-0.4, -0.2) is 62.4 Å². The fraction of sp³-hybridized carbons (Fsp3) is 0.571. The predicted molar refractivity (Wildman–Crippen MR) is 155 cm³/mol. The van der Waals surface area contributed by atoms with Crippen molar-refractivity contribution in [1.82, 2.24) is 9.80 Å². The second kappa shape index (κ2) is 14.5. The third-order valence-corrected chi connectivity index (χ3v) is 7.63. The maximum atomic E-state index is 10.2. The first-order chi connectivity index (χ1) is 16.5. The van der Waals surface area contributed by atoms with Crippen molar-refractivity contribution >= 4 is 34.0 Å². The molecule has 36 heavy (non-hydrogen) atoms. The molecule has 8 heteroatoms. The summed E-state index contributed by atoms with van der Waals surface area (Å²) in [6, 6.07) is 7.53. The summed E-state index contributed by atoms with van der Waals surface area (Å²) in [5, 5.41) is 39.4. The molecular formula is C28H42Br2N2O4. The van der Waals surface area contributed by atoms with Gasteiger partial charge in [0.2, 0.25) is 0 Å². The molecule has 4 N–H and O–H groups in total. The highest BCUT2D eigenvalue weighted by Gasteiger charge is 2.26. The van der Waals surface area contributed by atoms with E-state index in [-0.39, 0.29) is 57.0 Å². The zero-order chi connectivity index (χ0) is 24.1. The van der Waals surface area contributed by atoms with Gasteiger partial charge in [0.05, 0.1) is 0 Å². The van der Waals surface area contributed by atoms with Crippen LogP contribution in [0.1, 0.15) is 67.7 Å². The van der Waals surface area contributed by atoms with Gasteiger partial charge >= 0.3 is 0 Å². The number of phenols is 4. The first-order valence-electron chi connectivity index (χ1n) is 13.0. The highest BCUT2D eigenvalue weighted by molar-refractivity contribution is 8.93. The second-order valence-corrected chi connectivity index (χ2v) is 10.1. The van der Waals surface area contributed by atoms with E-state index in [2.05, 4.69) is 16.7 Å². The Bertz CT molecular complexity index is 989. The zero-order valence-electron chi connectivity index (χ0n) is 21.3. The molecule has 0 amide bonds. The molecule has 0 aromatic heterocycles. The standard InChI is InChI=1S/C28H40N2O4.2BrH/c1-2-12-30(23-8-9-24-21(16-23)7-10-25(31)28(24)34)14-6-4-3-5-13-29-15-11-20-17-26(32)27(33)18-22(20)19-29;;/h7,10,17-18,23,31-34H,2-6,8-9,11-16,19H2,1H3;2*1H. The van der Waals surface area contributed by atoms with E-state index < -0.39 is 0 Å². The molecule has 4 rings (SSSR count). The fourth-order valence-corrected chi connectivity index (χ4v) is 5.72. The van der Waals surface area contributed by atoms with Gasteiger partial charge < -0.3 is 25.3 Å². The van der Waals surface area contributed by atoms with Crippen molar-refractivity contribution in [3.63, 3.8) is 0 Å². The van der Waals surface area contributed by atoms with E-state index in [1.807, 2.05) is 6.07 Å². The minimum Gasteiger partial charge on any atom is -0.504 e. The zero-order valence-corrected chi connectivity index (χ0v) is 24.7. The summed E-state index contributed by atoms with van der Waals surface area (Å²) in [4.78, 5) is 5.09. The fourth-order valence-electron chi connectivity index (χ4n) is 5.72. The average Bonchev–Trinajstić information content (AvgIpc) is 2.83. The molecule has 1 unspecified atom stereocenters. The summed E-state index contributed by atoms with van der Waals surface area (Å²) in [5.41, 5.74) is 4.40. The number of phenolic OH excluding ortho intramolecular Hbond substituents is 4. The summed E-state index contributed by atoms with van der Waals surface area (Å²) >= 11 is 0. The molecule has 2 aliphatic rings. The second-order valence-electron chi connectivity index (χ2n) is 10.1. The molecule has 2 aromatic carbocycles. The highest BCUT2D eigenvalue weighted by Crippen LogP contribution is 2.37. The van der Waals surface area contributed by atoms with Gasteiger partial charge in [0.25, 0.3) is 0 Å². The van der Waals surface area contributed by atoms with Crippen LogP contribution in [0, 0.1) is 0 Å². The molecule has 1 aliphatic carbocycles. The number of benzene rings is 2. The quantitative estimate of drug-likeness (QED) is 0.195. The normalized spacial score (nSPS) is 17.1. The highest BCUT2D eigenvalue weighted by atomic mass is 79.9. The van der Waals surface area contributed by atoms with E-state index >= 15 is 0 Å². The third-order valence-electron chi connectivity index (χ3n) is 7.63. The lowest BCUT2D eigenvalue weighted by Crippen LogP contribution is -2.40. The largest absolute Gasteiger partial charge is 0.504 e. The minimum absolute atomic E-state index is 0. The van der Waals surface area contributed by atoms with Gasteiger partial charge in [0.15, 0.2) is 23.0 Å². The monoisotopic (exact) mass is 628 g/mol. The van der Waals surface area contributed by atoms with Crippen molar-refractivity contribution in [3.8, 4) is 23.0 Å². The minimum atomic E-state index is -0.0198. The van der Waals surface area contributed by atoms with E-state index in [1.165, 1.54) is 31.2 Å². The van der Waals surface area contributed by atoms with Crippen LogP contribution in [0.25, 0.3) is 0 Å². The molecule has 1 heterocycles. The first kappa shape index (κ1) is 30.7. The van der Waals surface area contributed by atoms with E-state index in [9.17, 15) is 20.4 Å². The SMILES string of the molecule is Br.Br.CCCN(CCCCCCN1CCc2cc(O)c(O)cc2C1)C1CCc2c(ccc(O)c2O)C1. The maximum absolute atomic E-state index is 10.2. The van der Waals surface area contributed by atoms with E-state index in [0.29, 0.717) is 6.04 Å². The molecule has 0 fully saturated rings. The van der Waals surface area contributed by atoms with Crippen molar-refractivity contribution in [1.29, 1.82) is 0 Å². The van der Waals surface area contributed by atoms with Crippen molar-refractivity contribution in [2.24, 2.45) is 0 Å². The van der Waals surface area contributed by atoms with E-state index in [0.717, 1.165) is 81.5 Å². The van der Waals surface area contributed by atoms with Gasteiger partial charge in [0.1, 0.15) is 0 Å². The number of aromatic hydroxyl groups is 4. The Kier molecular flexibility index (Phi) is 12.3. The Hall–Kier alpha value is -1.48. The molecular weight excluding hydrogens is 588 g/mol. The summed E-state index contributed by atoms with van der Waals surface area (Å²) in [7, 11) is 0. The lowest BCUT2D eigenvalue weighted by molar-refractivity contribution is 0.174. The molecule has 1 aliphatic heterocycles. The van der Waals surface area contributed by atoms with Crippen molar-refractivity contribution in [3.05, 3.63) is 46.5 Å². The van der Waals surface area contributed by atoms with Gasteiger partial charge in [-0.1, -0.05) is 25.8 Å². The summed E-state index contributed by atoms with van der Waals surface area (Å²) in [6.45, 7) is 7.42. The predicted octanol–water partition coefficient (Wildman–Crippen LogP) is 5.85. The van der Waals surface area contributed by atoms with Gasteiger partial charge in [-0.3, -0.25) is 4.90 Å². The van der Waals surface area contributed by atoms with Gasteiger partial charge in [-0.2, -0.15) is 0 Å². The van der Waals surface area contributed by atoms with Crippen LogP contribution >= 0.6 is 34.0 Å². The number of fused-ring (bicyclic) bond motifs is 2. The number of rotatable bonds is 10. The number of hydrogen-bond donors (Lipinski definition) is 4. The lowest BCUT2D eigenvalue weighted by Gasteiger charge is -2.35. The lowest BCUT2D eigenvalue weighted by atomic mass is 9.86. The summed E-state index contributed by atoms with van der Waals surface area (Å²) < 4.78 is 0. The Balaban J connectivity index is 0.00000228. The number of unbranched alkanes of at least 4 members (excludes halogenated alkanes) is 3. The summed E-state index contributed by atoms with van der Waals surface area (Å²) in [6.07, 6.45) is 9.75. The molecule has 0 bridgehead atoms. The summed E-state index contributed by atoms with van der Waals surface area (Å²) in [5.74, 6) is 0.0341. The molecule has 6 nitrogen and oxygen atoms in total. The molecule has 0 saturated heterocycles. The number of halogens is 2.